The first-order chi connectivity index (χ1) is 12.5. The van der Waals surface area contributed by atoms with Gasteiger partial charge >= 0.3 is 0 Å². The van der Waals surface area contributed by atoms with E-state index < -0.39 is 0 Å². The molecule has 3 rings (SSSR count). The highest BCUT2D eigenvalue weighted by Gasteiger charge is 2.10. The van der Waals surface area contributed by atoms with Crippen LogP contribution in [0.5, 0.6) is 5.75 Å². The fourth-order valence-corrected chi connectivity index (χ4v) is 3.31. The molecule has 0 radical (unpaired) electrons. The number of aryl methyl sites for hydroxylation is 2. The molecule has 0 atom stereocenters. The third kappa shape index (κ3) is 3.81. The number of fused-ring (bicyclic) bond motifs is 1. The molecule has 0 spiro atoms. The number of nitrogens with one attached hydrogen (secondary N) is 1. The molecule has 0 saturated heterocycles. The summed E-state index contributed by atoms with van der Waals surface area (Å²) >= 11 is 0. The summed E-state index contributed by atoms with van der Waals surface area (Å²) in [6.07, 6.45) is 0. The SMILES string of the molecule is CCN(Cc1ccc(OC)cc1)Cc1cc(=O)c2c(C)ccc(C)c2[nH]1. The van der Waals surface area contributed by atoms with Crippen LogP contribution in [0.1, 0.15) is 29.3 Å². The quantitative estimate of drug-likeness (QED) is 0.725. The smallest absolute Gasteiger partial charge is 0.189 e. The lowest BCUT2D eigenvalue weighted by Gasteiger charge is -2.21. The lowest BCUT2D eigenvalue weighted by molar-refractivity contribution is 0.268. The number of methoxy groups -OCH3 is 1. The molecule has 26 heavy (non-hydrogen) atoms. The van der Waals surface area contributed by atoms with E-state index in [2.05, 4.69) is 35.0 Å². The molecule has 0 aliphatic rings. The molecule has 0 unspecified atom stereocenters. The lowest BCUT2D eigenvalue weighted by atomic mass is 10.0. The number of pyridine rings is 1. The summed E-state index contributed by atoms with van der Waals surface area (Å²) < 4.78 is 5.22. The van der Waals surface area contributed by atoms with Gasteiger partial charge in [0.1, 0.15) is 5.75 Å². The molecule has 1 heterocycles. The predicted molar refractivity (Wildman–Crippen MR) is 107 cm³/mol. The molecule has 1 N–H and O–H groups in total. The van der Waals surface area contributed by atoms with Crippen molar-refractivity contribution in [2.24, 2.45) is 0 Å². The van der Waals surface area contributed by atoms with E-state index in [0.29, 0.717) is 6.54 Å². The van der Waals surface area contributed by atoms with Gasteiger partial charge < -0.3 is 9.72 Å². The van der Waals surface area contributed by atoms with Gasteiger partial charge in [-0.15, -0.1) is 0 Å². The van der Waals surface area contributed by atoms with Gasteiger partial charge in [0.05, 0.1) is 12.6 Å². The van der Waals surface area contributed by atoms with Gasteiger partial charge in [-0.25, -0.2) is 0 Å². The summed E-state index contributed by atoms with van der Waals surface area (Å²) in [5.74, 6) is 0.863. The van der Waals surface area contributed by atoms with Gasteiger partial charge in [0, 0.05) is 30.2 Å². The van der Waals surface area contributed by atoms with E-state index in [1.165, 1.54) is 5.56 Å². The molecule has 3 aromatic rings. The van der Waals surface area contributed by atoms with Crippen LogP contribution >= 0.6 is 0 Å². The third-order valence-corrected chi connectivity index (χ3v) is 4.87. The van der Waals surface area contributed by atoms with E-state index in [1.54, 1.807) is 13.2 Å². The number of nitrogens with zero attached hydrogens (tertiary/aromatic N) is 1. The summed E-state index contributed by atoms with van der Waals surface area (Å²) in [4.78, 5) is 18.4. The largest absolute Gasteiger partial charge is 0.497 e. The number of aromatic nitrogens is 1. The average molecular weight is 350 g/mol. The van der Waals surface area contributed by atoms with Crippen molar-refractivity contribution in [2.75, 3.05) is 13.7 Å². The van der Waals surface area contributed by atoms with Gasteiger partial charge in [-0.2, -0.15) is 0 Å². The number of aromatic amines is 1. The minimum atomic E-state index is 0.0930. The van der Waals surface area contributed by atoms with Crippen molar-refractivity contribution < 1.29 is 4.74 Å². The van der Waals surface area contributed by atoms with Gasteiger partial charge in [0.15, 0.2) is 5.43 Å². The van der Waals surface area contributed by atoms with Gasteiger partial charge in [0.25, 0.3) is 0 Å². The molecule has 4 heteroatoms. The minimum Gasteiger partial charge on any atom is -0.497 e. The van der Waals surface area contributed by atoms with E-state index in [-0.39, 0.29) is 5.43 Å². The van der Waals surface area contributed by atoms with Crippen LogP contribution in [0.25, 0.3) is 10.9 Å². The Labute approximate surface area is 154 Å². The van der Waals surface area contributed by atoms with Gasteiger partial charge in [0.2, 0.25) is 0 Å². The van der Waals surface area contributed by atoms with Gasteiger partial charge in [-0.05, 0) is 49.2 Å². The van der Waals surface area contributed by atoms with Crippen LogP contribution in [0.15, 0.2) is 47.3 Å². The second kappa shape index (κ2) is 7.75. The summed E-state index contributed by atoms with van der Waals surface area (Å²) in [6, 6.07) is 13.9. The van der Waals surface area contributed by atoms with E-state index in [4.69, 9.17) is 4.74 Å². The van der Waals surface area contributed by atoms with Crippen molar-refractivity contribution in [1.29, 1.82) is 0 Å². The maximum atomic E-state index is 12.6. The van der Waals surface area contributed by atoms with Gasteiger partial charge in [-0.3, -0.25) is 9.69 Å². The second-order valence-electron chi connectivity index (χ2n) is 6.76. The highest BCUT2D eigenvalue weighted by atomic mass is 16.5. The van der Waals surface area contributed by atoms with Crippen LogP contribution < -0.4 is 10.2 Å². The van der Waals surface area contributed by atoms with Crippen molar-refractivity contribution in [3.63, 3.8) is 0 Å². The monoisotopic (exact) mass is 350 g/mol. The molecule has 4 nitrogen and oxygen atoms in total. The topological polar surface area (TPSA) is 45.3 Å². The van der Waals surface area contributed by atoms with Crippen LogP contribution in [-0.4, -0.2) is 23.5 Å². The summed E-state index contributed by atoms with van der Waals surface area (Å²) in [5, 5.41) is 0.798. The Morgan fingerprint density at radius 2 is 1.69 bits per heavy atom. The fourth-order valence-electron chi connectivity index (χ4n) is 3.31. The number of hydrogen-bond acceptors (Lipinski definition) is 3. The fraction of sp³-hybridized carbons (Fsp3) is 0.318. The average Bonchev–Trinajstić information content (AvgIpc) is 2.64. The molecule has 2 aromatic carbocycles. The predicted octanol–water partition coefficient (Wildman–Crippen LogP) is 4.18. The Kier molecular flexibility index (Phi) is 5.43. The molecular formula is C22H26N2O2. The normalized spacial score (nSPS) is 11.3. The number of H-pyrrole nitrogens is 1. The highest BCUT2D eigenvalue weighted by Crippen LogP contribution is 2.19. The first-order valence-corrected chi connectivity index (χ1v) is 8.99. The molecule has 136 valence electrons. The molecule has 1 aromatic heterocycles. The van der Waals surface area contributed by atoms with E-state index in [1.807, 2.05) is 32.0 Å². The number of rotatable bonds is 6. The molecule has 0 fully saturated rings. The molecule has 0 amide bonds. The zero-order chi connectivity index (χ0) is 18.7. The van der Waals surface area contributed by atoms with E-state index >= 15 is 0 Å². The van der Waals surface area contributed by atoms with Crippen LogP contribution in [0.4, 0.5) is 0 Å². The van der Waals surface area contributed by atoms with Crippen molar-refractivity contribution in [3.05, 3.63) is 75.1 Å². The van der Waals surface area contributed by atoms with Gasteiger partial charge in [-0.1, -0.05) is 31.2 Å². The van der Waals surface area contributed by atoms with Crippen LogP contribution in [0, 0.1) is 13.8 Å². The van der Waals surface area contributed by atoms with Crippen LogP contribution in [0.3, 0.4) is 0 Å². The zero-order valence-electron chi connectivity index (χ0n) is 15.9. The first-order valence-electron chi connectivity index (χ1n) is 8.99. The maximum absolute atomic E-state index is 12.6. The van der Waals surface area contributed by atoms with E-state index in [0.717, 1.165) is 46.6 Å². The first kappa shape index (κ1) is 18.2. The molecule has 0 aliphatic heterocycles. The Hall–Kier alpha value is -2.59. The van der Waals surface area contributed by atoms with Crippen molar-refractivity contribution in [3.8, 4) is 5.75 Å². The van der Waals surface area contributed by atoms with Crippen LogP contribution in [-0.2, 0) is 13.1 Å². The summed E-state index contributed by atoms with van der Waals surface area (Å²) in [5.41, 5.74) is 5.34. The van der Waals surface area contributed by atoms with Crippen molar-refractivity contribution >= 4 is 10.9 Å². The number of benzene rings is 2. The molecule has 0 aliphatic carbocycles. The standard InChI is InChI=1S/C22H26N2O2/c1-5-24(13-17-8-10-19(26-4)11-9-17)14-18-12-20(25)21-15(2)6-7-16(3)22(21)23-18/h6-12H,5,13-14H2,1-4H3,(H,23,25). The second-order valence-corrected chi connectivity index (χ2v) is 6.76. The van der Waals surface area contributed by atoms with E-state index in [9.17, 15) is 4.79 Å². The molecule has 0 saturated carbocycles. The Morgan fingerprint density at radius 1 is 1.00 bits per heavy atom. The number of hydrogen-bond donors (Lipinski definition) is 1. The zero-order valence-corrected chi connectivity index (χ0v) is 15.9. The number of ether oxygens (including phenoxy) is 1. The van der Waals surface area contributed by atoms with Crippen molar-refractivity contribution in [2.45, 2.75) is 33.9 Å². The highest BCUT2D eigenvalue weighted by molar-refractivity contribution is 5.84. The van der Waals surface area contributed by atoms with Crippen LogP contribution in [0.2, 0.25) is 0 Å². The Morgan fingerprint density at radius 3 is 2.35 bits per heavy atom. The maximum Gasteiger partial charge on any atom is 0.189 e. The Balaban J connectivity index is 1.86. The van der Waals surface area contributed by atoms with Crippen molar-refractivity contribution in [1.82, 2.24) is 9.88 Å². The lowest BCUT2D eigenvalue weighted by Crippen LogP contribution is -2.24. The summed E-state index contributed by atoms with van der Waals surface area (Å²) in [6.45, 7) is 8.60. The molecule has 0 bridgehead atoms. The Bertz CT molecular complexity index is 958. The summed E-state index contributed by atoms with van der Waals surface area (Å²) in [7, 11) is 1.67. The minimum absolute atomic E-state index is 0.0930. The molecular weight excluding hydrogens is 324 g/mol. The third-order valence-electron chi connectivity index (χ3n) is 4.87.